The lowest BCUT2D eigenvalue weighted by molar-refractivity contribution is 0.267. The molecule has 1 amide bonds. The molecule has 0 atom stereocenters. The normalized spacial score (nSPS) is 8.96. The molecule has 0 saturated carbocycles. The Bertz CT molecular complexity index is 498. The lowest BCUT2D eigenvalue weighted by Crippen LogP contribution is -2.32. The van der Waals surface area contributed by atoms with Gasteiger partial charge in [0.2, 0.25) is 0 Å². The van der Waals surface area contributed by atoms with Crippen LogP contribution in [0.2, 0.25) is 0 Å². The maximum atomic E-state index is 9.09. The van der Waals surface area contributed by atoms with E-state index in [4.69, 9.17) is 36.4 Å². The minimum absolute atomic E-state index is 0.543. The minimum atomic E-state index is -3.81. The van der Waals surface area contributed by atoms with Crippen molar-refractivity contribution in [2.24, 2.45) is 5.73 Å². The Labute approximate surface area is 165 Å². The maximum absolute atomic E-state index is 9.09. The first-order valence-electron chi connectivity index (χ1n) is 7.29. The van der Waals surface area contributed by atoms with Gasteiger partial charge in [-0.25, -0.2) is 0 Å². The third kappa shape index (κ3) is 28.3. The molecular formula is C14H27N2O5PS3. The number of amides is 1. The summed E-state index contributed by atoms with van der Waals surface area (Å²) in [6.07, 6.45) is 0. The second-order valence-electron chi connectivity index (χ2n) is 3.70. The third-order valence-corrected chi connectivity index (χ3v) is 2.31. The lowest BCUT2D eigenvalue weighted by atomic mass is 10.3. The van der Waals surface area contributed by atoms with Gasteiger partial charge in [-0.15, -0.1) is 0 Å². The zero-order valence-corrected chi connectivity index (χ0v) is 18.1. The Morgan fingerprint density at radius 1 is 1.20 bits per heavy atom. The van der Waals surface area contributed by atoms with Gasteiger partial charge in [0, 0.05) is 13.1 Å². The molecule has 7 nitrogen and oxygen atoms in total. The lowest BCUT2D eigenvalue weighted by Gasteiger charge is -2.20. The number of carbonyl (C=O) groups excluding carboxylic acids is 1. The summed E-state index contributed by atoms with van der Waals surface area (Å²) in [7, 11) is 0. The van der Waals surface area contributed by atoms with Gasteiger partial charge in [-0.05, 0) is 50.0 Å². The van der Waals surface area contributed by atoms with E-state index in [9.17, 15) is 0 Å². The Morgan fingerprint density at radius 2 is 1.52 bits per heavy atom. The summed E-state index contributed by atoms with van der Waals surface area (Å²) in [4.78, 5) is 33.8. The Hall–Kier alpha value is -0.740. The van der Waals surface area contributed by atoms with Crippen molar-refractivity contribution in [3.8, 4) is 5.75 Å². The molecule has 0 heterocycles. The van der Waals surface area contributed by atoms with Crippen molar-refractivity contribution in [1.82, 2.24) is 4.90 Å². The van der Waals surface area contributed by atoms with E-state index in [1.807, 2.05) is 49.1 Å². The molecule has 0 radical (unpaired) electrons. The molecule has 1 aromatic rings. The molecule has 0 aromatic heterocycles. The number of thiocarbonyl (C=S) groups is 1. The highest BCUT2D eigenvalue weighted by Gasteiger charge is 2.06. The molecule has 1 rings (SSSR count). The van der Waals surface area contributed by atoms with Gasteiger partial charge in [0.05, 0.1) is 0 Å². The molecule has 0 saturated heterocycles. The monoisotopic (exact) mass is 430 g/mol. The first-order valence-corrected chi connectivity index (χ1v) is 10.8. The molecule has 0 spiro atoms. The molecule has 0 aliphatic heterocycles. The van der Waals surface area contributed by atoms with Crippen molar-refractivity contribution in [2.45, 2.75) is 27.7 Å². The van der Waals surface area contributed by atoms with E-state index in [1.165, 1.54) is 0 Å². The van der Waals surface area contributed by atoms with Crippen LogP contribution in [0.25, 0.3) is 0 Å². The standard InChI is InChI=1S/C11H15NOS.C2H6.CH3NOS.H3O3PS/c1-3-12(4-2)11(14)13-10-8-6-5-7-9-10;1-2;2-1(3)4;1-4(2,3)5/h5-9H,3-4H2,1-2H3;1-2H3;(H3,2,3,4);(H3,1,2,3,5). The van der Waals surface area contributed by atoms with Gasteiger partial charge in [0.1, 0.15) is 5.75 Å². The number of ether oxygens (including phenoxy) is 1. The zero-order chi connectivity index (χ0) is 20.5. The van der Waals surface area contributed by atoms with Crippen LogP contribution < -0.4 is 10.5 Å². The Morgan fingerprint density at radius 3 is 1.80 bits per heavy atom. The topological polar surface area (TPSA) is 116 Å². The molecule has 0 unspecified atom stereocenters. The van der Waals surface area contributed by atoms with Crippen molar-refractivity contribution >= 4 is 53.8 Å². The van der Waals surface area contributed by atoms with E-state index >= 15 is 0 Å². The Balaban J connectivity index is -0.000000365. The highest BCUT2D eigenvalue weighted by Crippen LogP contribution is 2.26. The third-order valence-electron chi connectivity index (χ3n) is 1.97. The molecule has 11 heteroatoms. The fraction of sp³-hybridized carbons (Fsp3) is 0.429. The number of hydrogen-bond acceptors (Lipinski definition) is 4. The molecular weight excluding hydrogens is 403 g/mol. The number of hydrogen-bond donors (Lipinski definition) is 5. The summed E-state index contributed by atoms with van der Waals surface area (Å²) in [5.41, 5.74) is 4.34. The van der Waals surface area contributed by atoms with Gasteiger partial charge in [0.25, 0.3) is 10.4 Å². The van der Waals surface area contributed by atoms with E-state index in [1.54, 1.807) is 0 Å². The predicted octanol–water partition coefficient (Wildman–Crippen LogP) is 2.90. The summed E-state index contributed by atoms with van der Waals surface area (Å²) >= 11 is 11.9. The molecule has 0 aliphatic carbocycles. The first-order chi connectivity index (χ1) is 11.5. The summed E-state index contributed by atoms with van der Waals surface area (Å²) in [6, 6.07) is 9.61. The SMILES string of the molecule is CC.CCN(CC)C(=S)Oc1ccccc1.NC(=O)S.OP(O)(O)=S. The summed E-state index contributed by atoms with van der Waals surface area (Å²) < 4.78 is 5.52. The summed E-state index contributed by atoms with van der Waals surface area (Å²) in [5, 5.41) is -0.0961. The van der Waals surface area contributed by atoms with Gasteiger partial charge in [-0.1, -0.05) is 44.7 Å². The fourth-order valence-electron chi connectivity index (χ4n) is 1.14. The average Bonchev–Trinajstić information content (AvgIpc) is 2.49. The van der Waals surface area contributed by atoms with Crippen molar-refractivity contribution in [2.75, 3.05) is 13.1 Å². The molecule has 0 fully saturated rings. The maximum Gasteiger partial charge on any atom is 0.319 e. The van der Waals surface area contributed by atoms with Gasteiger partial charge < -0.3 is 30.1 Å². The molecule has 5 N–H and O–H groups in total. The van der Waals surface area contributed by atoms with Crippen LogP contribution in [0.4, 0.5) is 4.79 Å². The molecule has 25 heavy (non-hydrogen) atoms. The van der Waals surface area contributed by atoms with Crippen LogP contribution in [0, 0.1) is 0 Å². The molecule has 146 valence electrons. The largest absolute Gasteiger partial charge is 0.432 e. The number of nitrogens with zero attached hydrogens (tertiary/aromatic N) is 1. The number of thiol groups is 1. The predicted molar refractivity (Wildman–Crippen MR) is 113 cm³/mol. The highest BCUT2D eigenvalue weighted by molar-refractivity contribution is 8.06. The molecule has 1 aromatic carbocycles. The van der Waals surface area contributed by atoms with Crippen LogP contribution in [-0.4, -0.2) is 43.1 Å². The van der Waals surface area contributed by atoms with Crippen molar-refractivity contribution < 1.29 is 24.2 Å². The fourth-order valence-corrected chi connectivity index (χ4v) is 1.49. The van der Waals surface area contributed by atoms with Crippen LogP contribution in [0.15, 0.2) is 30.3 Å². The molecule has 0 aliphatic rings. The van der Waals surface area contributed by atoms with Crippen LogP contribution in [0.5, 0.6) is 5.75 Å². The number of nitrogens with two attached hydrogens (primary N) is 1. The van der Waals surface area contributed by atoms with E-state index < -0.39 is 12.0 Å². The first kappa shape index (κ1) is 29.0. The van der Waals surface area contributed by atoms with E-state index in [0.717, 1.165) is 18.8 Å². The van der Waals surface area contributed by atoms with Crippen LogP contribution in [-0.2, 0) is 11.8 Å². The van der Waals surface area contributed by atoms with Crippen molar-refractivity contribution in [3.63, 3.8) is 0 Å². The van der Waals surface area contributed by atoms with Crippen LogP contribution in [0.1, 0.15) is 27.7 Å². The number of rotatable bonds is 3. The second kappa shape index (κ2) is 18.1. The van der Waals surface area contributed by atoms with Crippen molar-refractivity contribution in [1.29, 1.82) is 0 Å². The number of para-hydroxylation sites is 1. The number of benzene rings is 1. The van der Waals surface area contributed by atoms with Crippen molar-refractivity contribution in [3.05, 3.63) is 30.3 Å². The highest BCUT2D eigenvalue weighted by atomic mass is 32.5. The molecule has 0 bridgehead atoms. The van der Waals surface area contributed by atoms with Crippen LogP contribution >= 0.6 is 31.6 Å². The average molecular weight is 431 g/mol. The number of carbonyl (C=O) groups is 1. The number of primary amides is 1. The summed E-state index contributed by atoms with van der Waals surface area (Å²) in [5.74, 6) is 0.796. The zero-order valence-electron chi connectivity index (χ0n) is 14.7. The smallest absolute Gasteiger partial charge is 0.319 e. The van der Waals surface area contributed by atoms with Gasteiger partial charge in [0.15, 0.2) is 0 Å². The quantitative estimate of drug-likeness (QED) is 0.282. The van der Waals surface area contributed by atoms with Gasteiger partial charge in [-0.2, -0.15) is 0 Å². The Kier molecular flexibility index (Phi) is 21.0. The summed E-state index contributed by atoms with van der Waals surface area (Å²) in [6.45, 7) is 6.07. The second-order valence-corrected chi connectivity index (χ2v) is 6.99. The van der Waals surface area contributed by atoms with E-state index in [0.29, 0.717) is 5.17 Å². The van der Waals surface area contributed by atoms with E-state index in [-0.39, 0.29) is 0 Å². The van der Waals surface area contributed by atoms with E-state index in [2.05, 4.69) is 44.0 Å². The van der Waals surface area contributed by atoms with Gasteiger partial charge in [-0.3, -0.25) is 4.79 Å². The minimum Gasteiger partial charge on any atom is -0.432 e. The van der Waals surface area contributed by atoms with Gasteiger partial charge >= 0.3 is 6.72 Å². The van der Waals surface area contributed by atoms with Crippen LogP contribution in [0.3, 0.4) is 0 Å².